The number of benzene rings is 1. The number of ether oxygens (including phenoxy) is 6. The fourth-order valence-electron chi connectivity index (χ4n) is 8.57. The summed E-state index contributed by atoms with van der Waals surface area (Å²) in [6, 6.07) is 5.57. The first-order chi connectivity index (χ1) is 28.3. The van der Waals surface area contributed by atoms with E-state index in [-0.39, 0.29) is 18.8 Å². The molecule has 1 aromatic heterocycles. The fourth-order valence-corrected chi connectivity index (χ4v) is 8.57. The van der Waals surface area contributed by atoms with Gasteiger partial charge >= 0.3 is 18.0 Å². The predicted octanol–water partition coefficient (Wildman–Crippen LogP) is 5.38. The third-order valence-corrected chi connectivity index (χ3v) is 11.9. The van der Waals surface area contributed by atoms with Crippen molar-refractivity contribution < 1.29 is 61.9 Å². The molecule has 0 bridgehead atoms. The van der Waals surface area contributed by atoms with Gasteiger partial charge in [0.15, 0.2) is 18.2 Å². The summed E-state index contributed by atoms with van der Waals surface area (Å²) < 4.78 is 52.5. The van der Waals surface area contributed by atoms with E-state index in [4.69, 9.17) is 28.4 Å². The number of halogens is 1. The van der Waals surface area contributed by atoms with Crippen LogP contribution in [0.3, 0.4) is 0 Å². The molecule has 1 amide bonds. The van der Waals surface area contributed by atoms with E-state index in [0.717, 1.165) is 6.92 Å². The van der Waals surface area contributed by atoms with Gasteiger partial charge in [0, 0.05) is 35.4 Å². The molecule has 0 spiro atoms. The van der Waals surface area contributed by atoms with E-state index in [1.807, 2.05) is 17.9 Å². The molecule has 336 valence electrons. The number of nitrogens with one attached hydrogen (secondary N) is 1. The molecule has 3 fully saturated rings. The SMILES string of the molecule is C[C@@H]1C[C@H](N(C)C)[C@@H](O)[C@H](O[C@@H]2[C@@H](C)C(=O)C(C)(F)C(=O)O[C@@H](C)C3OC(=O)NC3[C@@H](C)C(=O)[C@H](C)C[C@]2(C)OC/C=C/c2cnc3ccc(C(=O)OC(C)(C)C)cc3c2)O1. The smallest absolute Gasteiger partial charge is 0.407 e. The highest BCUT2D eigenvalue weighted by molar-refractivity contribution is 6.08. The number of cyclic esters (lactones) is 1. The molecule has 3 aliphatic rings. The lowest BCUT2D eigenvalue weighted by Crippen LogP contribution is -2.60. The van der Waals surface area contributed by atoms with Crippen LogP contribution in [-0.2, 0) is 42.8 Å². The lowest BCUT2D eigenvalue weighted by Gasteiger charge is -2.47. The number of aliphatic hydroxyl groups excluding tert-OH is 1. The average Bonchev–Trinajstić information content (AvgIpc) is 3.58. The van der Waals surface area contributed by atoms with Crippen molar-refractivity contribution in [2.45, 2.75) is 148 Å². The van der Waals surface area contributed by atoms with Crippen LogP contribution in [0, 0.1) is 17.8 Å². The topological polar surface area (TPSA) is 189 Å². The normalized spacial score (nSPS) is 35.7. The van der Waals surface area contributed by atoms with Crippen LogP contribution < -0.4 is 5.32 Å². The van der Waals surface area contributed by atoms with E-state index in [0.29, 0.717) is 28.5 Å². The number of hydrogen-bond acceptors (Lipinski definition) is 14. The zero-order chi connectivity index (χ0) is 45.4. The van der Waals surface area contributed by atoms with Crippen molar-refractivity contribution in [2.24, 2.45) is 17.8 Å². The Balaban J connectivity index is 1.53. The van der Waals surface area contributed by atoms with Crippen LogP contribution in [0.5, 0.6) is 0 Å². The van der Waals surface area contributed by atoms with E-state index < -0.39 is 107 Å². The summed E-state index contributed by atoms with van der Waals surface area (Å²) >= 11 is 0. The molecular weight excluding hydrogens is 794 g/mol. The van der Waals surface area contributed by atoms with Crippen LogP contribution in [0.4, 0.5) is 9.18 Å². The monoisotopic (exact) mass is 855 g/mol. The van der Waals surface area contributed by atoms with Gasteiger partial charge in [-0.15, -0.1) is 0 Å². The summed E-state index contributed by atoms with van der Waals surface area (Å²) in [6.07, 6.45) is -2.08. The molecule has 3 saturated heterocycles. The Labute approximate surface area is 357 Å². The number of esters is 2. The van der Waals surface area contributed by atoms with Gasteiger partial charge in [-0.25, -0.2) is 18.8 Å². The number of carbonyl (C=O) groups is 5. The number of hydrogen-bond donors (Lipinski definition) is 2. The Morgan fingerprint density at radius 3 is 2.39 bits per heavy atom. The molecule has 4 heterocycles. The molecule has 0 radical (unpaired) electrons. The van der Waals surface area contributed by atoms with Gasteiger partial charge in [-0.3, -0.25) is 14.6 Å². The Morgan fingerprint density at radius 1 is 1.05 bits per heavy atom. The Morgan fingerprint density at radius 2 is 1.74 bits per heavy atom. The number of rotatable bonds is 8. The number of ketones is 2. The van der Waals surface area contributed by atoms with E-state index in [2.05, 4.69) is 10.3 Å². The minimum absolute atomic E-state index is 0.0814. The quantitative estimate of drug-likeness (QED) is 0.196. The minimum Gasteiger partial charge on any atom is -0.456 e. The number of amides is 1. The van der Waals surface area contributed by atoms with Crippen molar-refractivity contribution in [3.8, 4) is 0 Å². The molecule has 15 nitrogen and oxygen atoms in total. The van der Waals surface area contributed by atoms with Crippen LogP contribution in [0.2, 0.25) is 0 Å². The molecule has 0 aliphatic carbocycles. The first-order valence-corrected chi connectivity index (χ1v) is 20.9. The first-order valence-electron chi connectivity index (χ1n) is 20.9. The molecule has 2 aromatic rings. The van der Waals surface area contributed by atoms with Gasteiger partial charge in [-0.2, -0.15) is 0 Å². The number of carbonyl (C=O) groups excluding carboxylic acids is 5. The van der Waals surface area contributed by atoms with Crippen LogP contribution in [0.25, 0.3) is 17.0 Å². The Hall–Kier alpha value is -4.35. The highest BCUT2D eigenvalue weighted by atomic mass is 19.1. The molecule has 0 saturated carbocycles. The second-order valence-corrected chi connectivity index (χ2v) is 18.4. The minimum atomic E-state index is -3.21. The first kappa shape index (κ1) is 47.7. The number of aromatic nitrogens is 1. The summed E-state index contributed by atoms with van der Waals surface area (Å²) in [5, 5.41) is 14.9. The molecule has 16 heteroatoms. The molecule has 3 aliphatic heterocycles. The van der Waals surface area contributed by atoms with Gasteiger partial charge in [0.2, 0.25) is 0 Å². The number of alkyl carbamates (subject to hydrolysis) is 1. The Bertz CT molecular complexity index is 2000. The van der Waals surface area contributed by atoms with Crippen molar-refractivity contribution in [1.82, 2.24) is 15.2 Å². The maximum Gasteiger partial charge on any atom is 0.407 e. The largest absolute Gasteiger partial charge is 0.456 e. The lowest BCUT2D eigenvalue weighted by atomic mass is 9.75. The number of likely N-dealkylation sites (N-methyl/N-ethyl adjacent to an activating group) is 1. The van der Waals surface area contributed by atoms with Gasteiger partial charge in [0.1, 0.15) is 23.6 Å². The van der Waals surface area contributed by atoms with Crippen LogP contribution >= 0.6 is 0 Å². The highest BCUT2D eigenvalue weighted by Crippen LogP contribution is 2.39. The number of nitrogens with zero attached hydrogens (tertiary/aromatic N) is 2. The van der Waals surface area contributed by atoms with Gasteiger partial charge in [-0.1, -0.05) is 32.9 Å². The zero-order valence-electron chi connectivity index (χ0n) is 37.2. The second kappa shape index (κ2) is 18.6. The molecule has 13 atom stereocenters. The maximum absolute atomic E-state index is 16.7. The standard InChI is InChI=1S/C45H62FN3O12/c1-23-21-44(9,56-17-13-14-28-19-30-20-29(15-16-31(30)47-22-28)39(53)61-43(6,7)8)38(60-40-35(51)32(49(11)12)18-24(2)57-40)26(4)37(52)45(10,46)41(54)58-27(5)36-33(25(3)34(23)50)48-42(55)59-36/h13-16,19-20,22-27,32-33,35-36,38,40,51H,17-18,21H2,1-12H3,(H,48,55)/b14-13+/t23-,24-,25-,26+,27+,32+,33?,35-,36?,38-,40+,44+,45?/m1/s1. The molecule has 61 heavy (non-hydrogen) atoms. The predicted molar refractivity (Wildman–Crippen MR) is 222 cm³/mol. The number of pyridine rings is 1. The fraction of sp³-hybridized carbons (Fsp3) is 0.644. The van der Waals surface area contributed by atoms with E-state index in [1.54, 1.807) is 92.2 Å². The van der Waals surface area contributed by atoms with Gasteiger partial charge in [0.05, 0.1) is 41.5 Å². The number of alkyl halides is 1. The van der Waals surface area contributed by atoms with Gasteiger partial charge in [0.25, 0.3) is 5.67 Å². The summed E-state index contributed by atoms with van der Waals surface area (Å²) in [5.41, 5.74) is -3.79. The zero-order valence-corrected chi connectivity index (χ0v) is 37.2. The maximum atomic E-state index is 16.7. The summed E-state index contributed by atoms with van der Waals surface area (Å²) in [4.78, 5) is 73.7. The van der Waals surface area contributed by atoms with Crippen molar-refractivity contribution in [3.63, 3.8) is 0 Å². The lowest BCUT2D eigenvalue weighted by molar-refractivity contribution is -0.297. The van der Waals surface area contributed by atoms with Crippen LogP contribution in [-0.4, -0.2) is 131 Å². The van der Waals surface area contributed by atoms with E-state index >= 15 is 4.39 Å². The van der Waals surface area contributed by atoms with Gasteiger partial charge in [-0.05, 0) is 105 Å². The van der Waals surface area contributed by atoms with E-state index in [9.17, 15) is 29.1 Å². The average molecular weight is 856 g/mol. The summed E-state index contributed by atoms with van der Waals surface area (Å²) in [7, 11) is 3.61. The van der Waals surface area contributed by atoms with Crippen LogP contribution in [0.15, 0.2) is 36.5 Å². The highest BCUT2D eigenvalue weighted by Gasteiger charge is 2.56. The summed E-state index contributed by atoms with van der Waals surface area (Å²) in [6.45, 7) is 15.6. The molecular formula is C45H62FN3O12. The van der Waals surface area contributed by atoms with E-state index in [1.165, 1.54) is 13.8 Å². The third-order valence-electron chi connectivity index (χ3n) is 11.9. The number of fused-ring (bicyclic) bond motifs is 2. The number of Topliss-reactive ketones (excluding diaryl/α,β-unsaturated/α-hetero) is 2. The second-order valence-electron chi connectivity index (χ2n) is 18.4. The van der Waals surface area contributed by atoms with Crippen molar-refractivity contribution in [3.05, 3.63) is 47.7 Å². The van der Waals surface area contributed by atoms with Crippen molar-refractivity contribution in [2.75, 3.05) is 20.7 Å². The van der Waals surface area contributed by atoms with Crippen molar-refractivity contribution in [1.29, 1.82) is 0 Å². The Kier molecular flexibility index (Phi) is 14.5. The third kappa shape index (κ3) is 10.8. The number of aliphatic hydroxyl groups is 1. The molecule has 5 rings (SSSR count). The van der Waals surface area contributed by atoms with Crippen LogP contribution in [0.1, 0.15) is 98.0 Å². The molecule has 3 unspecified atom stereocenters. The van der Waals surface area contributed by atoms with Crippen molar-refractivity contribution >= 4 is 46.6 Å². The summed E-state index contributed by atoms with van der Waals surface area (Å²) in [5.74, 6) is -6.58. The molecule has 1 aromatic carbocycles. The van der Waals surface area contributed by atoms with Gasteiger partial charge < -0.3 is 43.7 Å². The molecule has 2 N–H and O–H groups in total.